The first-order valence-electron chi connectivity index (χ1n) is 7.71. The van der Waals surface area contributed by atoms with E-state index in [0.717, 1.165) is 41.0 Å². The molecule has 2 unspecified atom stereocenters. The summed E-state index contributed by atoms with van der Waals surface area (Å²) in [5.74, 6) is 2.20. The number of nitrogens with one attached hydrogen (secondary N) is 1. The van der Waals surface area contributed by atoms with Crippen molar-refractivity contribution in [3.05, 3.63) is 33.8 Å². The molecular formula is C17H25Cl2N. The summed E-state index contributed by atoms with van der Waals surface area (Å²) in [5.41, 5.74) is 1.14. The van der Waals surface area contributed by atoms with Crippen LogP contribution in [0, 0.1) is 17.8 Å². The maximum atomic E-state index is 6.30. The van der Waals surface area contributed by atoms with E-state index in [-0.39, 0.29) is 0 Å². The number of benzene rings is 1. The maximum Gasteiger partial charge on any atom is 0.0452 e. The van der Waals surface area contributed by atoms with Gasteiger partial charge in [0.1, 0.15) is 0 Å². The molecule has 0 heterocycles. The van der Waals surface area contributed by atoms with Gasteiger partial charge >= 0.3 is 0 Å². The molecule has 0 spiro atoms. The summed E-state index contributed by atoms with van der Waals surface area (Å²) in [6.45, 7) is 6.74. The first-order valence-corrected chi connectivity index (χ1v) is 8.47. The fraction of sp³-hybridized carbons (Fsp3) is 0.647. The zero-order chi connectivity index (χ0) is 14.5. The van der Waals surface area contributed by atoms with Crippen molar-refractivity contribution in [2.45, 2.75) is 39.5 Å². The highest BCUT2D eigenvalue weighted by atomic mass is 35.5. The molecule has 112 valence electrons. The van der Waals surface area contributed by atoms with Crippen molar-refractivity contribution in [3.63, 3.8) is 0 Å². The Kier molecular flexibility index (Phi) is 6.20. The first kappa shape index (κ1) is 16.1. The zero-order valence-corrected chi connectivity index (χ0v) is 14.0. The average Bonchev–Trinajstić information content (AvgIpc) is 2.81. The molecule has 0 saturated heterocycles. The lowest BCUT2D eigenvalue weighted by atomic mass is 9.89. The van der Waals surface area contributed by atoms with Crippen molar-refractivity contribution < 1.29 is 0 Å². The molecule has 1 fully saturated rings. The minimum atomic E-state index is 0.715. The lowest BCUT2D eigenvalue weighted by molar-refractivity contribution is 0.357. The van der Waals surface area contributed by atoms with Crippen LogP contribution in [0.15, 0.2) is 18.2 Å². The highest BCUT2D eigenvalue weighted by Gasteiger charge is 2.28. The number of rotatable bonds is 6. The maximum absolute atomic E-state index is 6.30. The quantitative estimate of drug-likeness (QED) is 0.761. The molecular weight excluding hydrogens is 289 g/mol. The number of hydrogen-bond donors (Lipinski definition) is 1. The van der Waals surface area contributed by atoms with Gasteiger partial charge in [-0.2, -0.15) is 0 Å². The van der Waals surface area contributed by atoms with E-state index in [1.54, 1.807) is 0 Å². The second kappa shape index (κ2) is 7.68. The number of halogens is 2. The fourth-order valence-electron chi connectivity index (χ4n) is 3.20. The van der Waals surface area contributed by atoms with Crippen LogP contribution in [0.3, 0.4) is 0 Å². The molecule has 1 N–H and O–H groups in total. The van der Waals surface area contributed by atoms with E-state index in [2.05, 4.69) is 19.2 Å². The molecule has 1 nitrogen and oxygen atoms in total. The molecule has 1 aliphatic carbocycles. The third-order valence-electron chi connectivity index (χ3n) is 4.30. The molecule has 1 aromatic rings. The summed E-state index contributed by atoms with van der Waals surface area (Å²) < 4.78 is 0. The van der Waals surface area contributed by atoms with Crippen LogP contribution in [-0.4, -0.2) is 13.1 Å². The van der Waals surface area contributed by atoms with Crippen molar-refractivity contribution in [3.8, 4) is 0 Å². The molecule has 1 saturated carbocycles. The van der Waals surface area contributed by atoms with Gasteiger partial charge in [0, 0.05) is 10.0 Å². The van der Waals surface area contributed by atoms with Gasteiger partial charge in [0.25, 0.3) is 0 Å². The van der Waals surface area contributed by atoms with Gasteiger partial charge in [-0.05, 0) is 67.8 Å². The van der Waals surface area contributed by atoms with E-state index >= 15 is 0 Å². The summed E-state index contributed by atoms with van der Waals surface area (Å²) in [5, 5.41) is 5.24. The standard InChI is InChI=1S/C17H25Cl2N/c1-12(2)10-20-11-14-6-3-5-13(14)9-15-16(18)7-4-8-17(15)19/h4,7-8,12-14,20H,3,5-6,9-11H2,1-2H3. The van der Waals surface area contributed by atoms with Crippen LogP contribution >= 0.6 is 23.2 Å². The van der Waals surface area contributed by atoms with Crippen LogP contribution in [0.25, 0.3) is 0 Å². The van der Waals surface area contributed by atoms with Crippen molar-refractivity contribution in [2.24, 2.45) is 17.8 Å². The Hall–Kier alpha value is -0.240. The molecule has 0 amide bonds. The smallest absolute Gasteiger partial charge is 0.0452 e. The van der Waals surface area contributed by atoms with E-state index in [1.165, 1.54) is 19.3 Å². The van der Waals surface area contributed by atoms with Crippen LogP contribution in [0.2, 0.25) is 10.0 Å². The largest absolute Gasteiger partial charge is 0.316 e. The van der Waals surface area contributed by atoms with Gasteiger partial charge in [0.15, 0.2) is 0 Å². The topological polar surface area (TPSA) is 12.0 Å². The van der Waals surface area contributed by atoms with Gasteiger partial charge in [-0.15, -0.1) is 0 Å². The van der Waals surface area contributed by atoms with E-state index in [0.29, 0.717) is 11.8 Å². The second-order valence-corrected chi connectivity index (χ2v) is 7.22. The minimum absolute atomic E-state index is 0.715. The molecule has 2 rings (SSSR count). The van der Waals surface area contributed by atoms with E-state index in [9.17, 15) is 0 Å². The predicted octanol–water partition coefficient (Wildman–Crippen LogP) is 5.20. The van der Waals surface area contributed by atoms with E-state index < -0.39 is 0 Å². The lowest BCUT2D eigenvalue weighted by Crippen LogP contribution is -2.29. The van der Waals surface area contributed by atoms with Crippen LogP contribution in [0.4, 0.5) is 0 Å². The predicted molar refractivity (Wildman–Crippen MR) is 88.7 cm³/mol. The Labute approximate surface area is 133 Å². The highest BCUT2D eigenvalue weighted by molar-refractivity contribution is 6.35. The monoisotopic (exact) mass is 313 g/mol. The van der Waals surface area contributed by atoms with Crippen LogP contribution in [0.1, 0.15) is 38.7 Å². The third kappa shape index (κ3) is 4.38. The summed E-state index contributed by atoms with van der Waals surface area (Å²) >= 11 is 12.6. The summed E-state index contributed by atoms with van der Waals surface area (Å²) in [4.78, 5) is 0. The molecule has 0 radical (unpaired) electrons. The molecule has 1 aromatic carbocycles. The normalized spacial score (nSPS) is 22.6. The van der Waals surface area contributed by atoms with Gasteiger partial charge in [0.05, 0.1) is 0 Å². The van der Waals surface area contributed by atoms with Crippen LogP contribution in [-0.2, 0) is 6.42 Å². The Balaban J connectivity index is 1.94. The van der Waals surface area contributed by atoms with Crippen molar-refractivity contribution in [2.75, 3.05) is 13.1 Å². The van der Waals surface area contributed by atoms with E-state index in [4.69, 9.17) is 23.2 Å². The molecule has 0 aliphatic heterocycles. The molecule has 2 atom stereocenters. The SMILES string of the molecule is CC(C)CNCC1CCCC1Cc1c(Cl)cccc1Cl. The molecule has 0 aromatic heterocycles. The van der Waals surface area contributed by atoms with Crippen molar-refractivity contribution in [1.29, 1.82) is 0 Å². The zero-order valence-electron chi connectivity index (χ0n) is 12.5. The van der Waals surface area contributed by atoms with Gasteiger partial charge in [-0.1, -0.05) is 49.5 Å². The van der Waals surface area contributed by atoms with E-state index in [1.807, 2.05) is 18.2 Å². The summed E-state index contributed by atoms with van der Waals surface area (Å²) in [6, 6.07) is 5.82. The summed E-state index contributed by atoms with van der Waals surface area (Å²) in [6.07, 6.45) is 4.99. The first-order chi connectivity index (χ1) is 9.58. The second-order valence-electron chi connectivity index (χ2n) is 6.41. The van der Waals surface area contributed by atoms with Crippen LogP contribution in [0.5, 0.6) is 0 Å². The molecule has 3 heteroatoms. The van der Waals surface area contributed by atoms with Gasteiger partial charge in [0.2, 0.25) is 0 Å². The summed E-state index contributed by atoms with van der Waals surface area (Å²) in [7, 11) is 0. The van der Waals surface area contributed by atoms with Crippen molar-refractivity contribution >= 4 is 23.2 Å². The van der Waals surface area contributed by atoms with Crippen LogP contribution < -0.4 is 5.32 Å². The van der Waals surface area contributed by atoms with Crippen molar-refractivity contribution in [1.82, 2.24) is 5.32 Å². The molecule has 1 aliphatic rings. The van der Waals surface area contributed by atoms with Gasteiger partial charge < -0.3 is 5.32 Å². The van der Waals surface area contributed by atoms with Gasteiger partial charge in [-0.25, -0.2) is 0 Å². The average molecular weight is 314 g/mol. The van der Waals surface area contributed by atoms with Gasteiger partial charge in [-0.3, -0.25) is 0 Å². The Bertz CT molecular complexity index is 411. The number of hydrogen-bond acceptors (Lipinski definition) is 1. The molecule has 0 bridgehead atoms. The minimum Gasteiger partial charge on any atom is -0.316 e. The third-order valence-corrected chi connectivity index (χ3v) is 5.01. The Morgan fingerprint density at radius 3 is 2.45 bits per heavy atom. The Morgan fingerprint density at radius 2 is 1.80 bits per heavy atom. The molecule has 20 heavy (non-hydrogen) atoms. The highest BCUT2D eigenvalue weighted by Crippen LogP contribution is 2.37. The Morgan fingerprint density at radius 1 is 1.15 bits per heavy atom. The lowest BCUT2D eigenvalue weighted by Gasteiger charge is -2.22. The fourth-order valence-corrected chi connectivity index (χ4v) is 3.75.